The zero-order chi connectivity index (χ0) is 12.1. The molecule has 0 aromatic heterocycles. The first-order valence-electron chi connectivity index (χ1n) is 3.07. The van der Waals surface area contributed by atoms with Crippen LogP contribution in [-0.2, 0) is 19.2 Å². The number of rotatable bonds is 6. The molecule has 0 aromatic carbocycles. The molecular weight excluding hydrogens is 240 g/mol. The Bertz CT molecular complexity index is 186. The van der Waals surface area contributed by atoms with Crippen molar-refractivity contribution in [2.45, 2.75) is 12.7 Å². The highest BCUT2D eigenvalue weighted by atomic mass is 19.4. The van der Waals surface area contributed by atoms with Crippen LogP contribution in [0.25, 0.3) is 0 Å². The molecule has 0 aliphatic rings. The summed E-state index contributed by atoms with van der Waals surface area (Å²) in [4.78, 5) is 9.08. The lowest BCUT2D eigenvalue weighted by atomic mass is 11.2. The highest BCUT2D eigenvalue weighted by molar-refractivity contribution is 4.23. The number of hydrogen-bond donors (Lipinski definition) is 0. The lowest BCUT2D eigenvalue weighted by Gasteiger charge is -2.22. The van der Waals surface area contributed by atoms with Gasteiger partial charge in [0.2, 0.25) is 6.86 Å². The Morgan fingerprint density at radius 3 is 1.93 bits per heavy atom. The largest absolute Gasteiger partial charge is 0.542 e. The molecule has 0 saturated heterocycles. The first-order valence-corrected chi connectivity index (χ1v) is 3.07. The molecule has 92 valence electrons. The van der Waals surface area contributed by atoms with E-state index >= 15 is 0 Å². The van der Waals surface area contributed by atoms with E-state index in [0.717, 1.165) is 0 Å². The first-order chi connectivity index (χ1) is 6.70. The van der Waals surface area contributed by atoms with E-state index in [1.54, 1.807) is 0 Å². The Balaban J connectivity index is 4.28. The second-order valence-electron chi connectivity index (χ2n) is 1.76. The average molecular weight is 245 g/mol. The second kappa shape index (κ2) is 5.46. The molecule has 5 nitrogen and oxygen atoms in total. The number of hydrogen-bond acceptors (Lipinski definition) is 5. The third-order valence-electron chi connectivity index (χ3n) is 0.751. The fourth-order valence-electron chi connectivity index (χ4n) is 0.320. The predicted molar refractivity (Wildman–Crippen MR) is 29.1 cm³/mol. The minimum atomic E-state index is -5.39. The van der Waals surface area contributed by atoms with Crippen LogP contribution in [0.2, 0.25) is 0 Å². The molecule has 0 rings (SSSR count). The summed E-state index contributed by atoms with van der Waals surface area (Å²) in [5.74, 6) is 0. The summed E-state index contributed by atoms with van der Waals surface area (Å²) >= 11 is 0. The van der Waals surface area contributed by atoms with Gasteiger partial charge in [-0.2, -0.15) is 4.84 Å². The minimum absolute atomic E-state index is 0.432. The Kier molecular flexibility index (Phi) is 5.23. The Hall–Kier alpha value is -0.620. The van der Waals surface area contributed by atoms with E-state index in [1.807, 2.05) is 0 Å². The molecule has 0 unspecified atom stereocenters. The van der Waals surface area contributed by atoms with Gasteiger partial charge < -0.3 is 0 Å². The number of ether oxygens (including phenoxy) is 1. The van der Waals surface area contributed by atoms with Gasteiger partial charge in [0.05, 0.1) is 5.39 Å². The summed E-state index contributed by atoms with van der Waals surface area (Å²) in [6, 6.07) is 0. The summed E-state index contributed by atoms with van der Waals surface area (Å²) in [5, 5.41) is -1.25. The van der Waals surface area contributed by atoms with Gasteiger partial charge in [-0.3, -0.25) is 4.74 Å². The van der Waals surface area contributed by atoms with Crippen LogP contribution in [0.15, 0.2) is 0 Å². The molecule has 0 spiro atoms. The maximum Gasteiger partial charge on any atom is 0.542 e. The third kappa shape index (κ3) is 7.33. The van der Waals surface area contributed by atoms with Crippen molar-refractivity contribution in [2.24, 2.45) is 0 Å². The first kappa shape index (κ1) is 14.4. The van der Waals surface area contributed by atoms with Crippen molar-refractivity contribution in [3.63, 3.8) is 0 Å². The number of methoxy groups -OCH3 is 1. The van der Waals surface area contributed by atoms with Gasteiger partial charge in [0, 0.05) is 7.11 Å². The van der Waals surface area contributed by atoms with Gasteiger partial charge in [-0.1, -0.05) is 0 Å². The lowest BCUT2D eigenvalue weighted by molar-refractivity contribution is -0.655. The monoisotopic (exact) mass is 245 g/mol. The summed E-state index contributed by atoms with van der Waals surface area (Å²) in [7, 11) is 0.432. The molecule has 0 amide bonds. The van der Waals surface area contributed by atoms with Crippen molar-refractivity contribution in [3.8, 4) is 0 Å². The molecule has 11 heteroatoms. The van der Waals surface area contributed by atoms with Crippen LogP contribution in [0.5, 0.6) is 0 Å². The van der Waals surface area contributed by atoms with Crippen LogP contribution in [0.1, 0.15) is 0 Å². The van der Waals surface area contributed by atoms with Crippen molar-refractivity contribution < 1.29 is 45.6 Å². The van der Waals surface area contributed by atoms with Crippen molar-refractivity contribution in [3.05, 3.63) is 0 Å². The Morgan fingerprint density at radius 2 is 1.60 bits per heavy atom. The van der Waals surface area contributed by atoms with Crippen LogP contribution in [0.3, 0.4) is 0 Å². The smallest absolute Gasteiger partial charge is 0.298 e. The topological polar surface area (TPSA) is 40.2 Å². The summed E-state index contributed by atoms with van der Waals surface area (Å²) in [6.45, 7) is -1.88. The standard InChI is InChI=1S/C4H5F6NO4/c1-12-4(9,10)15-11(13-2-5)14-3(6,7)8/h2H2,1H3. The number of halogens is 6. The molecule has 0 saturated carbocycles. The molecule has 0 aromatic rings. The fraction of sp³-hybridized carbons (Fsp3) is 1.00. The Labute approximate surface area is 78.9 Å². The van der Waals surface area contributed by atoms with Crippen LogP contribution in [0, 0.1) is 0 Å². The summed E-state index contributed by atoms with van der Waals surface area (Å²) in [5.41, 5.74) is 0. The van der Waals surface area contributed by atoms with Crippen molar-refractivity contribution in [1.82, 2.24) is 5.39 Å². The van der Waals surface area contributed by atoms with Gasteiger partial charge >= 0.3 is 12.7 Å². The van der Waals surface area contributed by atoms with Crippen molar-refractivity contribution in [2.75, 3.05) is 14.0 Å². The van der Waals surface area contributed by atoms with Gasteiger partial charge in [0.1, 0.15) is 0 Å². The molecular formula is C4H5F6NO4. The van der Waals surface area contributed by atoms with Gasteiger partial charge in [0.25, 0.3) is 0 Å². The highest BCUT2D eigenvalue weighted by Gasteiger charge is 2.41. The molecule has 0 fully saturated rings. The molecule has 0 atom stereocenters. The predicted octanol–water partition coefficient (Wildman–Crippen LogP) is 1.73. The molecule has 0 N–H and O–H groups in total. The van der Waals surface area contributed by atoms with E-state index in [2.05, 4.69) is 19.2 Å². The van der Waals surface area contributed by atoms with Crippen LogP contribution >= 0.6 is 0 Å². The molecule has 0 bridgehead atoms. The van der Waals surface area contributed by atoms with Gasteiger partial charge in [-0.15, -0.1) is 26.8 Å². The fourth-order valence-corrected chi connectivity index (χ4v) is 0.320. The summed E-state index contributed by atoms with van der Waals surface area (Å²) < 4.78 is 73.5. The maximum atomic E-state index is 12.2. The van der Waals surface area contributed by atoms with Gasteiger partial charge in [-0.05, 0) is 0 Å². The lowest BCUT2D eigenvalue weighted by Crippen LogP contribution is -2.39. The van der Waals surface area contributed by atoms with E-state index < -0.39 is 24.9 Å². The van der Waals surface area contributed by atoms with Crippen molar-refractivity contribution >= 4 is 0 Å². The van der Waals surface area contributed by atoms with E-state index in [4.69, 9.17) is 0 Å². The average Bonchev–Trinajstić information content (AvgIpc) is 2.01. The number of nitrogens with zero attached hydrogens (tertiary/aromatic N) is 1. The summed E-state index contributed by atoms with van der Waals surface area (Å²) in [6.07, 6.45) is -9.85. The molecule has 0 aliphatic carbocycles. The zero-order valence-electron chi connectivity index (χ0n) is 7.06. The van der Waals surface area contributed by atoms with E-state index in [9.17, 15) is 26.3 Å². The quantitative estimate of drug-likeness (QED) is 0.405. The molecule has 0 aliphatic heterocycles. The zero-order valence-corrected chi connectivity index (χ0v) is 7.06. The normalized spacial score (nSPS) is 13.6. The van der Waals surface area contributed by atoms with Crippen LogP contribution in [-0.4, -0.2) is 32.0 Å². The SMILES string of the molecule is COC(F)(F)ON(OCF)OC(F)(F)F. The van der Waals surface area contributed by atoms with Gasteiger partial charge in [-0.25, -0.2) is 9.23 Å². The van der Waals surface area contributed by atoms with Crippen LogP contribution in [0.4, 0.5) is 26.3 Å². The maximum absolute atomic E-state index is 12.2. The molecule has 0 radical (unpaired) electrons. The highest BCUT2D eigenvalue weighted by Crippen LogP contribution is 2.24. The minimum Gasteiger partial charge on any atom is -0.298 e. The van der Waals surface area contributed by atoms with Crippen molar-refractivity contribution in [1.29, 1.82) is 0 Å². The van der Waals surface area contributed by atoms with E-state index in [1.165, 1.54) is 0 Å². The Morgan fingerprint density at radius 1 is 1.07 bits per heavy atom. The van der Waals surface area contributed by atoms with E-state index in [-0.39, 0.29) is 0 Å². The second-order valence-corrected chi connectivity index (χ2v) is 1.76. The molecule has 0 heterocycles. The van der Waals surface area contributed by atoms with Gasteiger partial charge in [0.15, 0.2) is 0 Å². The van der Waals surface area contributed by atoms with E-state index in [0.29, 0.717) is 7.11 Å². The molecule has 15 heavy (non-hydrogen) atoms. The third-order valence-corrected chi connectivity index (χ3v) is 0.751. The number of alkyl halides is 6. The van der Waals surface area contributed by atoms with Crippen LogP contribution < -0.4 is 0 Å².